The summed E-state index contributed by atoms with van der Waals surface area (Å²) < 4.78 is 0. The first-order chi connectivity index (χ1) is 7.98. The third-order valence-corrected chi connectivity index (χ3v) is 2.65. The minimum atomic E-state index is -0.515. The van der Waals surface area contributed by atoms with E-state index < -0.39 is 5.54 Å². The van der Waals surface area contributed by atoms with Crippen molar-refractivity contribution in [2.45, 2.75) is 26.3 Å². The van der Waals surface area contributed by atoms with Crippen LogP contribution in [-0.4, -0.2) is 9.97 Å². The smallest absolute Gasteiger partial charge is 0.148 e. The normalized spacial score (nSPS) is 11.5. The van der Waals surface area contributed by atoms with Crippen LogP contribution in [0, 0.1) is 6.92 Å². The molecule has 2 rings (SSSR count). The predicted molar refractivity (Wildman–Crippen MR) is 69.4 cm³/mol. The molecule has 0 bridgehead atoms. The van der Waals surface area contributed by atoms with Gasteiger partial charge in [0, 0.05) is 11.8 Å². The maximum atomic E-state index is 6.02. The van der Waals surface area contributed by atoms with Gasteiger partial charge in [0.15, 0.2) is 0 Å². The van der Waals surface area contributed by atoms with Crippen LogP contribution < -0.4 is 5.73 Å². The zero-order valence-electron chi connectivity index (χ0n) is 10.4. The first kappa shape index (κ1) is 11.7. The fourth-order valence-electron chi connectivity index (χ4n) is 1.68. The standard InChI is InChI=1S/C14H17N3/c1-10-6-4-5-7-11(10)12-8-9-16-13(17-12)14(2,3)15/h4-9H,15H2,1-3H3. The van der Waals surface area contributed by atoms with Gasteiger partial charge in [0.1, 0.15) is 5.82 Å². The monoisotopic (exact) mass is 227 g/mol. The van der Waals surface area contributed by atoms with E-state index in [-0.39, 0.29) is 0 Å². The Labute approximate surface area is 102 Å². The Morgan fingerprint density at radius 1 is 1.12 bits per heavy atom. The SMILES string of the molecule is Cc1ccccc1-c1ccnc(C(C)(C)N)n1. The van der Waals surface area contributed by atoms with E-state index in [0.717, 1.165) is 11.3 Å². The van der Waals surface area contributed by atoms with Crippen LogP contribution in [0.5, 0.6) is 0 Å². The van der Waals surface area contributed by atoms with Gasteiger partial charge in [-0.15, -0.1) is 0 Å². The predicted octanol–water partition coefficient (Wildman–Crippen LogP) is 2.65. The highest BCUT2D eigenvalue weighted by Gasteiger charge is 2.18. The van der Waals surface area contributed by atoms with Gasteiger partial charge in [-0.1, -0.05) is 24.3 Å². The zero-order chi connectivity index (χ0) is 12.5. The maximum Gasteiger partial charge on any atom is 0.148 e. The van der Waals surface area contributed by atoms with Crippen LogP contribution in [0.25, 0.3) is 11.3 Å². The first-order valence-corrected chi connectivity index (χ1v) is 5.67. The first-order valence-electron chi connectivity index (χ1n) is 5.67. The van der Waals surface area contributed by atoms with Crippen LogP contribution >= 0.6 is 0 Å². The molecule has 0 aliphatic carbocycles. The molecule has 0 aliphatic heterocycles. The van der Waals surface area contributed by atoms with E-state index in [9.17, 15) is 0 Å². The molecule has 0 spiro atoms. The third-order valence-electron chi connectivity index (χ3n) is 2.65. The quantitative estimate of drug-likeness (QED) is 0.858. The van der Waals surface area contributed by atoms with Crippen LogP contribution in [0.1, 0.15) is 25.2 Å². The molecule has 0 aliphatic rings. The van der Waals surface area contributed by atoms with Crippen LogP contribution in [0.2, 0.25) is 0 Å². The molecule has 0 amide bonds. The van der Waals surface area contributed by atoms with E-state index in [0.29, 0.717) is 5.82 Å². The summed E-state index contributed by atoms with van der Waals surface area (Å²) in [7, 11) is 0. The van der Waals surface area contributed by atoms with E-state index >= 15 is 0 Å². The molecule has 2 N–H and O–H groups in total. The lowest BCUT2D eigenvalue weighted by Crippen LogP contribution is -2.31. The topological polar surface area (TPSA) is 51.8 Å². The van der Waals surface area contributed by atoms with Gasteiger partial charge in [-0.2, -0.15) is 0 Å². The third kappa shape index (κ3) is 2.50. The zero-order valence-corrected chi connectivity index (χ0v) is 10.4. The molecule has 17 heavy (non-hydrogen) atoms. The molecular formula is C14H17N3. The summed E-state index contributed by atoms with van der Waals surface area (Å²) in [6.45, 7) is 5.89. The van der Waals surface area contributed by atoms with Gasteiger partial charge in [0.25, 0.3) is 0 Å². The Balaban J connectivity index is 2.51. The lowest BCUT2D eigenvalue weighted by atomic mass is 10.0. The fourth-order valence-corrected chi connectivity index (χ4v) is 1.68. The van der Waals surface area contributed by atoms with Crippen molar-refractivity contribution in [3.63, 3.8) is 0 Å². The Kier molecular flexibility index (Phi) is 2.94. The Bertz CT molecular complexity index is 527. The van der Waals surface area contributed by atoms with Gasteiger partial charge >= 0.3 is 0 Å². The van der Waals surface area contributed by atoms with Gasteiger partial charge in [-0.05, 0) is 32.4 Å². The van der Waals surface area contributed by atoms with Gasteiger partial charge in [0.2, 0.25) is 0 Å². The lowest BCUT2D eigenvalue weighted by molar-refractivity contribution is 0.514. The van der Waals surface area contributed by atoms with Crippen molar-refractivity contribution in [2.75, 3.05) is 0 Å². The van der Waals surface area contributed by atoms with E-state index in [1.54, 1.807) is 6.20 Å². The van der Waals surface area contributed by atoms with Crippen molar-refractivity contribution in [1.82, 2.24) is 9.97 Å². The van der Waals surface area contributed by atoms with Gasteiger partial charge in [-0.3, -0.25) is 0 Å². The van der Waals surface area contributed by atoms with Crippen molar-refractivity contribution in [2.24, 2.45) is 5.73 Å². The summed E-state index contributed by atoms with van der Waals surface area (Å²) in [6.07, 6.45) is 1.76. The molecule has 0 fully saturated rings. The lowest BCUT2D eigenvalue weighted by Gasteiger charge is -2.17. The van der Waals surface area contributed by atoms with E-state index in [1.807, 2.05) is 32.0 Å². The van der Waals surface area contributed by atoms with E-state index in [1.165, 1.54) is 5.56 Å². The summed E-state index contributed by atoms with van der Waals surface area (Å²) in [5.41, 5.74) is 8.75. The highest BCUT2D eigenvalue weighted by molar-refractivity contribution is 5.62. The van der Waals surface area contributed by atoms with Gasteiger partial charge in [-0.25, -0.2) is 9.97 Å². The Hall–Kier alpha value is -1.74. The average molecular weight is 227 g/mol. The van der Waals surface area contributed by atoms with Crippen molar-refractivity contribution < 1.29 is 0 Å². The fraction of sp³-hybridized carbons (Fsp3) is 0.286. The summed E-state index contributed by atoms with van der Waals surface area (Å²) in [4.78, 5) is 8.77. The number of benzene rings is 1. The average Bonchev–Trinajstić information content (AvgIpc) is 2.29. The van der Waals surface area contributed by atoms with Crippen molar-refractivity contribution in [3.05, 3.63) is 47.9 Å². The van der Waals surface area contributed by atoms with Crippen LogP contribution in [0.15, 0.2) is 36.5 Å². The highest BCUT2D eigenvalue weighted by atomic mass is 14.9. The molecule has 1 aromatic carbocycles. The Morgan fingerprint density at radius 2 is 1.82 bits per heavy atom. The second-order valence-electron chi connectivity index (χ2n) is 4.80. The molecule has 0 radical (unpaired) electrons. The largest absolute Gasteiger partial charge is 0.319 e. The number of aromatic nitrogens is 2. The number of nitrogens with zero attached hydrogens (tertiary/aromatic N) is 2. The molecule has 0 unspecified atom stereocenters. The molecular weight excluding hydrogens is 210 g/mol. The molecule has 88 valence electrons. The molecule has 1 aromatic heterocycles. The minimum Gasteiger partial charge on any atom is -0.319 e. The van der Waals surface area contributed by atoms with Crippen molar-refractivity contribution >= 4 is 0 Å². The molecule has 3 heteroatoms. The van der Waals surface area contributed by atoms with E-state index in [4.69, 9.17) is 5.73 Å². The number of nitrogens with two attached hydrogens (primary N) is 1. The Morgan fingerprint density at radius 3 is 2.47 bits per heavy atom. The van der Waals surface area contributed by atoms with Crippen LogP contribution in [0.4, 0.5) is 0 Å². The molecule has 1 heterocycles. The molecule has 0 atom stereocenters. The summed E-state index contributed by atoms with van der Waals surface area (Å²) >= 11 is 0. The number of aryl methyl sites for hydroxylation is 1. The minimum absolute atomic E-state index is 0.515. The van der Waals surface area contributed by atoms with Crippen LogP contribution in [0.3, 0.4) is 0 Å². The number of hydrogen-bond acceptors (Lipinski definition) is 3. The number of rotatable bonds is 2. The second kappa shape index (κ2) is 4.26. The summed E-state index contributed by atoms with van der Waals surface area (Å²) in [5.74, 6) is 0.665. The molecule has 3 nitrogen and oxygen atoms in total. The molecule has 0 saturated carbocycles. The molecule has 0 saturated heterocycles. The van der Waals surface area contributed by atoms with Crippen molar-refractivity contribution in [1.29, 1.82) is 0 Å². The van der Waals surface area contributed by atoms with Gasteiger partial charge in [0.05, 0.1) is 11.2 Å². The van der Waals surface area contributed by atoms with E-state index in [2.05, 4.69) is 29.0 Å². The van der Waals surface area contributed by atoms with Gasteiger partial charge < -0.3 is 5.73 Å². The number of hydrogen-bond donors (Lipinski definition) is 1. The summed E-state index contributed by atoms with van der Waals surface area (Å²) in [6, 6.07) is 10.1. The maximum absolute atomic E-state index is 6.02. The molecule has 2 aromatic rings. The highest BCUT2D eigenvalue weighted by Crippen LogP contribution is 2.22. The van der Waals surface area contributed by atoms with Crippen LogP contribution in [-0.2, 0) is 5.54 Å². The van der Waals surface area contributed by atoms with Crippen molar-refractivity contribution in [3.8, 4) is 11.3 Å². The second-order valence-corrected chi connectivity index (χ2v) is 4.80. The summed E-state index contributed by atoms with van der Waals surface area (Å²) in [5, 5.41) is 0.